The highest BCUT2D eigenvalue weighted by atomic mass is 32.2. The third-order valence-corrected chi connectivity index (χ3v) is 7.45. The molecule has 0 saturated carbocycles. The van der Waals surface area contributed by atoms with Crippen LogP contribution in [0.25, 0.3) is 11.3 Å². The van der Waals surface area contributed by atoms with E-state index in [1.54, 1.807) is 12.3 Å². The van der Waals surface area contributed by atoms with Gasteiger partial charge in [0.15, 0.2) is 11.5 Å². The molecule has 0 radical (unpaired) electrons. The van der Waals surface area contributed by atoms with Crippen molar-refractivity contribution in [3.8, 4) is 28.5 Å². The maximum Gasteiger partial charge on any atom is 0.242 e. The van der Waals surface area contributed by atoms with Crippen molar-refractivity contribution in [2.75, 3.05) is 33.9 Å². The summed E-state index contributed by atoms with van der Waals surface area (Å²) in [5.74, 6) is 1.67. The van der Waals surface area contributed by atoms with E-state index in [2.05, 4.69) is 14.6 Å². The molecular weight excluding hydrogens is 466 g/mol. The Balaban J connectivity index is 1.28. The molecule has 1 unspecified atom stereocenters. The van der Waals surface area contributed by atoms with Crippen molar-refractivity contribution in [2.24, 2.45) is 0 Å². The van der Waals surface area contributed by atoms with Gasteiger partial charge in [-0.05, 0) is 74.3 Å². The van der Waals surface area contributed by atoms with Crippen LogP contribution in [-0.2, 0) is 10.0 Å². The lowest BCUT2D eigenvalue weighted by molar-refractivity contribution is 0.214. The Hall–Kier alpha value is -3.14. The quantitative estimate of drug-likeness (QED) is 0.402. The zero-order valence-electron chi connectivity index (χ0n) is 20.0. The molecule has 0 bridgehead atoms. The predicted octanol–water partition coefficient (Wildman–Crippen LogP) is 3.94. The molecule has 1 N–H and O–H groups in total. The Morgan fingerprint density at radius 3 is 2.54 bits per heavy atom. The van der Waals surface area contributed by atoms with Crippen LogP contribution in [0.15, 0.2) is 71.8 Å². The van der Waals surface area contributed by atoms with Crippen LogP contribution in [0.3, 0.4) is 0 Å². The third-order valence-electron chi connectivity index (χ3n) is 5.99. The van der Waals surface area contributed by atoms with Gasteiger partial charge in [0.25, 0.3) is 0 Å². The minimum absolute atomic E-state index is 0.152. The molecule has 35 heavy (non-hydrogen) atoms. The molecule has 2 aromatic carbocycles. The Morgan fingerprint density at radius 2 is 1.83 bits per heavy atom. The number of rotatable bonds is 11. The van der Waals surface area contributed by atoms with Crippen LogP contribution in [0.2, 0.25) is 0 Å². The zero-order chi connectivity index (χ0) is 24.7. The summed E-state index contributed by atoms with van der Waals surface area (Å²) in [5, 5.41) is 0. The Labute approximate surface area is 206 Å². The van der Waals surface area contributed by atoms with Crippen LogP contribution in [0, 0.1) is 0 Å². The SMILES string of the molecule is COc1ccc(S(=O)(=O)NC2CCCN2CCCOc2ccc(-c3ccccn3)cc2)cc1OC. The Kier molecular flexibility index (Phi) is 8.22. The molecule has 1 fully saturated rings. The second-order valence-corrected chi connectivity index (χ2v) is 9.99. The molecule has 0 aliphatic carbocycles. The molecule has 8 nitrogen and oxygen atoms in total. The second kappa shape index (κ2) is 11.5. The standard InChI is InChI=1S/C26H31N3O5S/c1-32-24-14-13-22(19-25(24)33-2)35(30,31)28-26-8-5-16-29(26)17-6-18-34-21-11-9-20(10-12-21)23-7-3-4-15-27-23/h3-4,7,9-15,19,26,28H,5-6,8,16-18H2,1-2H3. The maximum atomic E-state index is 13.0. The fourth-order valence-corrected chi connectivity index (χ4v) is 5.44. The summed E-state index contributed by atoms with van der Waals surface area (Å²) in [4.78, 5) is 6.67. The topological polar surface area (TPSA) is 90.0 Å². The lowest BCUT2D eigenvalue weighted by atomic mass is 10.1. The van der Waals surface area contributed by atoms with Gasteiger partial charge in [-0.25, -0.2) is 8.42 Å². The van der Waals surface area contributed by atoms with Gasteiger partial charge < -0.3 is 14.2 Å². The lowest BCUT2D eigenvalue weighted by Crippen LogP contribution is -2.44. The number of benzene rings is 2. The number of likely N-dealkylation sites (tertiary alicyclic amines) is 1. The molecule has 1 saturated heterocycles. The van der Waals surface area contributed by atoms with E-state index < -0.39 is 10.0 Å². The summed E-state index contributed by atoms with van der Waals surface area (Å²) in [6.45, 7) is 2.14. The van der Waals surface area contributed by atoms with Crippen molar-refractivity contribution in [2.45, 2.75) is 30.3 Å². The first-order valence-electron chi connectivity index (χ1n) is 11.6. The minimum atomic E-state index is -3.70. The second-order valence-electron chi connectivity index (χ2n) is 8.27. The smallest absolute Gasteiger partial charge is 0.242 e. The van der Waals surface area contributed by atoms with Crippen LogP contribution >= 0.6 is 0 Å². The van der Waals surface area contributed by atoms with Crippen molar-refractivity contribution in [1.82, 2.24) is 14.6 Å². The van der Waals surface area contributed by atoms with Crippen LogP contribution in [0.4, 0.5) is 0 Å². The highest BCUT2D eigenvalue weighted by Crippen LogP contribution is 2.30. The summed E-state index contributed by atoms with van der Waals surface area (Å²) in [6, 6.07) is 18.3. The van der Waals surface area contributed by atoms with Crippen molar-refractivity contribution in [3.63, 3.8) is 0 Å². The number of nitrogens with one attached hydrogen (secondary N) is 1. The van der Waals surface area contributed by atoms with E-state index >= 15 is 0 Å². The van der Waals surface area contributed by atoms with Gasteiger partial charge in [0.05, 0.1) is 37.6 Å². The number of hydrogen-bond donors (Lipinski definition) is 1. The van der Waals surface area contributed by atoms with E-state index in [-0.39, 0.29) is 11.1 Å². The average molecular weight is 498 g/mol. The van der Waals surface area contributed by atoms with Gasteiger partial charge in [-0.15, -0.1) is 0 Å². The van der Waals surface area contributed by atoms with Gasteiger partial charge in [-0.1, -0.05) is 6.07 Å². The number of ether oxygens (including phenoxy) is 3. The number of nitrogens with zero attached hydrogens (tertiary/aromatic N) is 2. The van der Waals surface area contributed by atoms with Crippen molar-refractivity contribution in [3.05, 3.63) is 66.9 Å². The third kappa shape index (κ3) is 6.30. The monoisotopic (exact) mass is 497 g/mol. The van der Waals surface area contributed by atoms with E-state index in [4.69, 9.17) is 14.2 Å². The summed E-state index contributed by atoms with van der Waals surface area (Å²) in [6.07, 6.45) is 4.03. The molecule has 186 valence electrons. The highest BCUT2D eigenvalue weighted by Gasteiger charge is 2.29. The number of hydrogen-bond acceptors (Lipinski definition) is 7. The van der Waals surface area contributed by atoms with Gasteiger partial charge in [-0.3, -0.25) is 9.88 Å². The van der Waals surface area contributed by atoms with Gasteiger partial charge in [0.1, 0.15) is 5.75 Å². The van der Waals surface area contributed by atoms with Crippen molar-refractivity contribution >= 4 is 10.0 Å². The fourth-order valence-electron chi connectivity index (χ4n) is 4.17. The largest absolute Gasteiger partial charge is 0.494 e. The predicted molar refractivity (Wildman–Crippen MR) is 134 cm³/mol. The van der Waals surface area contributed by atoms with E-state index in [1.807, 2.05) is 42.5 Å². The zero-order valence-corrected chi connectivity index (χ0v) is 20.8. The molecule has 1 aliphatic heterocycles. The minimum Gasteiger partial charge on any atom is -0.494 e. The molecule has 1 aromatic heterocycles. The van der Waals surface area contributed by atoms with Crippen LogP contribution < -0.4 is 18.9 Å². The number of sulfonamides is 1. The number of pyridine rings is 1. The van der Waals surface area contributed by atoms with Crippen molar-refractivity contribution in [1.29, 1.82) is 0 Å². The summed E-state index contributed by atoms with van der Waals surface area (Å²) in [7, 11) is -0.699. The lowest BCUT2D eigenvalue weighted by Gasteiger charge is -2.25. The molecule has 1 aliphatic rings. The first-order chi connectivity index (χ1) is 17.0. The fraction of sp³-hybridized carbons (Fsp3) is 0.346. The van der Waals surface area contributed by atoms with Gasteiger partial charge in [-0.2, -0.15) is 4.72 Å². The molecule has 9 heteroatoms. The molecular formula is C26H31N3O5S. The molecule has 3 aromatic rings. The Morgan fingerprint density at radius 1 is 1.03 bits per heavy atom. The first-order valence-corrected chi connectivity index (χ1v) is 13.1. The Bertz CT molecular complexity index is 1200. The van der Waals surface area contributed by atoms with Crippen LogP contribution in [0.1, 0.15) is 19.3 Å². The van der Waals surface area contributed by atoms with E-state index in [0.717, 1.165) is 49.4 Å². The van der Waals surface area contributed by atoms with Gasteiger partial charge in [0.2, 0.25) is 10.0 Å². The molecule has 0 amide bonds. The molecule has 0 spiro atoms. The average Bonchev–Trinajstić information content (AvgIpc) is 3.33. The van der Waals surface area contributed by atoms with Crippen LogP contribution in [0.5, 0.6) is 17.2 Å². The molecule has 1 atom stereocenters. The summed E-state index contributed by atoms with van der Waals surface area (Å²) < 4.78 is 45.2. The van der Waals surface area contributed by atoms with Crippen LogP contribution in [-0.4, -0.2) is 58.4 Å². The normalized spacial score (nSPS) is 16.2. The summed E-state index contributed by atoms with van der Waals surface area (Å²) >= 11 is 0. The van der Waals surface area contributed by atoms with E-state index in [9.17, 15) is 8.42 Å². The molecule has 4 rings (SSSR count). The summed E-state index contributed by atoms with van der Waals surface area (Å²) in [5.41, 5.74) is 1.97. The molecule has 2 heterocycles. The van der Waals surface area contributed by atoms with E-state index in [1.165, 1.54) is 26.4 Å². The number of methoxy groups -OCH3 is 2. The number of aromatic nitrogens is 1. The van der Waals surface area contributed by atoms with Gasteiger partial charge in [0, 0.05) is 24.4 Å². The highest BCUT2D eigenvalue weighted by molar-refractivity contribution is 7.89. The van der Waals surface area contributed by atoms with Gasteiger partial charge >= 0.3 is 0 Å². The van der Waals surface area contributed by atoms with Crippen molar-refractivity contribution < 1.29 is 22.6 Å². The first kappa shape index (κ1) is 25.0. The maximum absolute atomic E-state index is 13.0. The van der Waals surface area contributed by atoms with E-state index in [0.29, 0.717) is 18.1 Å².